The Hall–Kier alpha value is -0.850. The van der Waals surface area contributed by atoms with Gasteiger partial charge >= 0.3 is 6.18 Å². The summed E-state index contributed by atoms with van der Waals surface area (Å²) in [7, 11) is 0. The molecule has 0 aliphatic carbocycles. The Kier molecular flexibility index (Phi) is 4.52. The molecule has 0 saturated heterocycles. The molecule has 0 amide bonds. The highest BCUT2D eigenvalue weighted by atomic mass is 79.9. The third-order valence-corrected chi connectivity index (χ3v) is 2.18. The van der Waals surface area contributed by atoms with E-state index in [4.69, 9.17) is 0 Å². The molecule has 1 heterocycles. The van der Waals surface area contributed by atoms with Gasteiger partial charge in [0, 0.05) is 19.0 Å². The lowest BCUT2D eigenvalue weighted by Crippen LogP contribution is -2.15. The van der Waals surface area contributed by atoms with Crippen molar-refractivity contribution in [2.24, 2.45) is 0 Å². The molecule has 0 unspecified atom stereocenters. The van der Waals surface area contributed by atoms with Crippen LogP contribution in [0.2, 0.25) is 0 Å². The highest BCUT2D eigenvalue weighted by molar-refractivity contribution is 9.10. The molecule has 0 aliphatic heterocycles. The fraction of sp³-hybridized carbons (Fsp3) is 0.556. The largest absolute Gasteiger partial charge is 0.390 e. The third kappa shape index (κ3) is 4.78. The summed E-state index contributed by atoms with van der Waals surface area (Å²) < 4.78 is 36.3. The number of alkyl halides is 3. The molecule has 7 heteroatoms. The van der Waals surface area contributed by atoms with Crippen LogP contribution in [-0.2, 0) is 6.42 Å². The van der Waals surface area contributed by atoms with Crippen LogP contribution in [0.4, 0.5) is 19.0 Å². The van der Waals surface area contributed by atoms with Crippen LogP contribution >= 0.6 is 15.9 Å². The van der Waals surface area contributed by atoms with Crippen LogP contribution < -0.4 is 5.32 Å². The summed E-state index contributed by atoms with van der Waals surface area (Å²) in [5, 5.41) is 2.62. The van der Waals surface area contributed by atoms with Crippen molar-refractivity contribution in [3.63, 3.8) is 0 Å². The molecule has 16 heavy (non-hydrogen) atoms. The minimum Gasteiger partial charge on any atom is -0.370 e. The Labute approximate surface area is 99.6 Å². The first-order chi connectivity index (χ1) is 7.40. The van der Waals surface area contributed by atoms with E-state index >= 15 is 0 Å². The van der Waals surface area contributed by atoms with Gasteiger partial charge in [-0.3, -0.25) is 0 Å². The zero-order chi connectivity index (χ0) is 12.2. The second kappa shape index (κ2) is 5.47. The topological polar surface area (TPSA) is 37.8 Å². The van der Waals surface area contributed by atoms with Gasteiger partial charge in [-0.2, -0.15) is 13.2 Å². The average Bonchev–Trinajstić information content (AvgIpc) is 2.14. The van der Waals surface area contributed by atoms with Crippen LogP contribution in [0, 0.1) is 0 Å². The molecule has 1 aromatic heterocycles. The van der Waals surface area contributed by atoms with E-state index < -0.39 is 12.6 Å². The van der Waals surface area contributed by atoms with Gasteiger partial charge in [-0.1, -0.05) is 6.92 Å². The SMILES string of the molecule is CCc1nc(Br)cc(NCCC(F)(F)F)n1. The van der Waals surface area contributed by atoms with E-state index in [1.807, 2.05) is 6.92 Å². The van der Waals surface area contributed by atoms with Crippen LogP contribution in [0.25, 0.3) is 0 Å². The lowest BCUT2D eigenvalue weighted by Gasteiger charge is -2.09. The van der Waals surface area contributed by atoms with E-state index in [9.17, 15) is 13.2 Å². The van der Waals surface area contributed by atoms with Crippen molar-refractivity contribution in [1.82, 2.24) is 9.97 Å². The summed E-state index contributed by atoms with van der Waals surface area (Å²) in [6, 6.07) is 1.55. The van der Waals surface area contributed by atoms with E-state index in [0.717, 1.165) is 0 Å². The Morgan fingerprint density at radius 1 is 1.38 bits per heavy atom. The van der Waals surface area contributed by atoms with E-state index in [2.05, 4.69) is 31.2 Å². The Bertz CT molecular complexity index is 354. The molecule has 0 saturated carbocycles. The smallest absolute Gasteiger partial charge is 0.370 e. The number of halogens is 4. The molecule has 0 spiro atoms. The number of aryl methyl sites for hydroxylation is 1. The maximum atomic E-state index is 11.9. The van der Waals surface area contributed by atoms with Crippen molar-refractivity contribution >= 4 is 21.7 Å². The highest BCUT2D eigenvalue weighted by Gasteiger charge is 2.26. The van der Waals surface area contributed by atoms with Gasteiger partial charge in [0.1, 0.15) is 16.2 Å². The Balaban J connectivity index is 2.57. The molecule has 1 N–H and O–H groups in total. The second-order valence-corrected chi connectivity index (χ2v) is 3.95. The molecule has 0 bridgehead atoms. The first-order valence-electron chi connectivity index (χ1n) is 4.75. The summed E-state index contributed by atoms with van der Waals surface area (Å²) in [4.78, 5) is 8.10. The number of nitrogens with one attached hydrogen (secondary N) is 1. The Morgan fingerprint density at radius 3 is 2.62 bits per heavy atom. The van der Waals surface area contributed by atoms with Gasteiger partial charge in [0.25, 0.3) is 0 Å². The van der Waals surface area contributed by atoms with Gasteiger partial charge < -0.3 is 5.32 Å². The molecule has 1 aromatic rings. The summed E-state index contributed by atoms with van der Waals surface area (Å²) >= 11 is 3.17. The lowest BCUT2D eigenvalue weighted by atomic mass is 10.4. The van der Waals surface area contributed by atoms with E-state index in [1.54, 1.807) is 6.07 Å². The molecule has 0 aromatic carbocycles. The zero-order valence-electron chi connectivity index (χ0n) is 8.60. The van der Waals surface area contributed by atoms with Gasteiger partial charge in [0.15, 0.2) is 0 Å². The first-order valence-corrected chi connectivity index (χ1v) is 5.54. The van der Waals surface area contributed by atoms with Crippen LogP contribution in [-0.4, -0.2) is 22.7 Å². The normalized spacial score (nSPS) is 11.6. The minimum atomic E-state index is -4.15. The maximum Gasteiger partial charge on any atom is 0.390 e. The second-order valence-electron chi connectivity index (χ2n) is 3.14. The van der Waals surface area contributed by atoms with Crippen molar-refractivity contribution in [1.29, 1.82) is 0 Å². The van der Waals surface area contributed by atoms with Crippen molar-refractivity contribution in [2.45, 2.75) is 25.9 Å². The van der Waals surface area contributed by atoms with Crippen molar-refractivity contribution in [2.75, 3.05) is 11.9 Å². The maximum absolute atomic E-state index is 11.9. The van der Waals surface area contributed by atoms with Crippen LogP contribution in [0.1, 0.15) is 19.2 Å². The number of hydrogen-bond acceptors (Lipinski definition) is 3. The van der Waals surface area contributed by atoms with Crippen molar-refractivity contribution in [3.8, 4) is 0 Å². The molecule has 0 atom stereocenters. The van der Waals surface area contributed by atoms with E-state index in [-0.39, 0.29) is 6.54 Å². The standard InChI is InChI=1S/C9H11BrF3N3/c1-2-7-15-6(10)5-8(16-7)14-4-3-9(11,12)13/h5H,2-4H2,1H3,(H,14,15,16). The highest BCUT2D eigenvalue weighted by Crippen LogP contribution is 2.19. The van der Waals surface area contributed by atoms with Crippen molar-refractivity contribution < 1.29 is 13.2 Å². The van der Waals surface area contributed by atoms with Gasteiger partial charge in [-0.05, 0) is 15.9 Å². The monoisotopic (exact) mass is 297 g/mol. The van der Waals surface area contributed by atoms with Gasteiger partial charge in [0.2, 0.25) is 0 Å². The van der Waals surface area contributed by atoms with Gasteiger partial charge in [0.05, 0.1) is 6.42 Å². The van der Waals surface area contributed by atoms with Crippen LogP contribution in [0.3, 0.4) is 0 Å². The molecular formula is C9H11BrF3N3. The zero-order valence-corrected chi connectivity index (χ0v) is 10.2. The summed E-state index contributed by atoms with van der Waals surface area (Å²) in [6.07, 6.45) is -4.39. The first kappa shape index (κ1) is 13.2. The average molecular weight is 298 g/mol. The molecule has 90 valence electrons. The lowest BCUT2D eigenvalue weighted by molar-refractivity contribution is -0.131. The summed E-state index contributed by atoms with van der Waals surface area (Å²) in [5.41, 5.74) is 0. The molecule has 3 nitrogen and oxygen atoms in total. The number of nitrogens with zero attached hydrogens (tertiary/aromatic N) is 2. The summed E-state index contributed by atoms with van der Waals surface area (Å²) in [6.45, 7) is 1.69. The molecule has 0 radical (unpaired) electrons. The van der Waals surface area contributed by atoms with Gasteiger partial charge in [-0.25, -0.2) is 9.97 Å². The molecule has 0 fully saturated rings. The van der Waals surface area contributed by atoms with E-state index in [0.29, 0.717) is 22.7 Å². The fourth-order valence-electron chi connectivity index (χ4n) is 1.05. The molecule has 0 aliphatic rings. The number of hydrogen-bond donors (Lipinski definition) is 1. The van der Waals surface area contributed by atoms with Crippen LogP contribution in [0.5, 0.6) is 0 Å². The summed E-state index contributed by atoms with van der Waals surface area (Å²) in [5.74, 6) is 0.992. The van der Waals surface area contributed by atoms with Gasteiger partial charge in [-0.15, -0.1) is 0 Å². The number of anilines is 1. The van der Waals surface area contributed by atoms with Crippen LogP contribution in [0.15, 0.2) is 10.7 Å². The third-order valence-electron chi connectivity index (χ3n) is 1.77. The molecule has 1 rings (SSSR count). The predicted octanol–water partition coefficient (Wildman–Crippen LogP) is 3.17. The van der Waals surface area contributed by atoms with E-state index in [1.165, 1.54) is 0 Å². The predicted molar refractivity (Wildman–Crippen MR) is 58.3 cm³/mol. The molecular weight excluding hydrogens is 287 g/mol. The Morgan fingerprint density at radius 2 is 2.06 bits per heavy atom. The van der Waals surface area contributed by atoms with Crippen molar-refractivity contribution in [3.05, 3.63) is 16.5 Å². The number of aromatic nitrogens is 2. The quantitative estimate of drug-likeness (QED) is 0.868. The minimum absolute atomic E-state index is 0.184. The fourth-order valence-corrected chi connectivity index (χ4v) is 1.47. The number of rotatable bonds is 4.